The Balaban J connectivity index is 1.52. The second-order valence-electron chi connectivity index (χ2n) is 9.01. The molecule has 0 radical (unpaired) electrons. The number of hydrogen-bond acceptors (Lipinski definition) is 8. The molecule has 0 spiro atoms. The maximum atomic E-state index is 12.2. The molecule has 3 N–H and O–H groups in total. The average molecular weight is 530 g/mol. The zero-order valence-electron chi connectivity index (χ0n) is 19.7. The lowest BCUT2D eigenvalue weighted by atomic mass is 9.99. The maximum Gasteiger partial charge on any atom is 0.323 e. The van der Waals surface area contributed by atoms with Crippen molar-refractivity contribution in [1.29, 1.82) is 0 Å². The van der Waals surface area contributed by atoms with E-state index in [4.69, 9.17) is 15.5 Å². The Hall–Kier alpha value is -2.72. The molecule has 0 aliphatic carbocycles. The molecule has 3 aromatic heterocycles. The molecule has 4 rings (SSSR count). The Morgan fingerprint density at radius 1 is 1.35 bits per heavy atom. The Bertz CT molecular complexity index is 1110. The predicted molar refractivity (Wildman–Crippen MR) is 136 cm³/mol. The van der Waals surface area contributed by atoms with Gasteiger partial charge in [-0.1, -0.05) is 19.9 Å². The number of ether oxygens (including phenoxy) is 1. The number of nitrogens with two attached hydrogens (primary N) is 1. The lowest BCUT2D eigenvalue weighted by Crippen LogP contribution is -2.42. The van der Waals surface area contributed by atoms with Crippen molar-refractivity contribution < 1.29 is 9.53 Å². The van der Waals surface area contributed by atoms with Crippen molar-refractivity contribution >= 4 is 39.2 Å². The van der Waals surface area contributed by atoms with E-state index in [-0.39, 0.29) is 17.9 Å². The van der Waals surface area contributed by atoms with E-state index in [1.807, 2.05) is 38.2 Å². The number of esters is 1. The Labute approximate surface area is 208 Å². The summed E-state index contributed by atoms with van der Waals surface area (Å²) in [5.74, 6) is 1.47. The van der Waals surface area contributed by atoms with Crippen LogP contribution in [0.15, 0.2) is 41.3 Å². The monoisotopic (exact) mass is 529 g/mol. The molecular weight excluding hydrogens is 498 g/mol. The topological polar surface area (TPSA) is 111 Å². The van der Waals surface area contributed by atoms with Gasteiger partial charge in [0.05, 0.1) is 17.3 Å². The van der Waals surface area contributed by atoms with Gasteiger partial charge in [-0.05, 0) is 52.7 Å². The van der Waals surface area contributed by atoms with Crippen molar-refractivity contribution in [2.24, 2.45) is 11.7 Å². The molecule has 2 atom stereocenters. The Kier molecular flexibility index (Phi) is 7.99. The second-order valence-corrected chi connectivity index (χ2v) is 9.87. The number of nitrogens with one attached hydrogen (secondary N) is 1. The fourth-order valence-corrected chi connectivity index (χ4v) is 4.51. The summed E-state index contributed by atoms with van der Waals surface area (Å²) in [5, 5.41) is 7.96. The van der Waals surface area contributed by atoms with Crippen LogP contribution in [0.25, 0.3) is 5.65 Å². The zero-order chi connectivity index (χ0) is 24.1. The van der Waals surface area contributed by atoms with Crippen molar-refractivity contribution in [1.82, 2.24) is 19.6 Å². The molecule has 1 saturated heterocycles. The van der Waals surface area contributed by atoms with Crippen LogP contribution >= 0.6 is 15.9 Å². The molecule has 0 aromatic carbocycles. The van der Waals surface area contributed by atoms with Crippen LogP contribution in [0.2, 0.25) is 0 Å². The standard InChI is InChI=1S/C24H32BrN7O2/c1-16(2)22(26)24(33)34-11-8-18-7-3-4-10-31(18)21-12-20(28-14-17-6-5-9-27-13-17)32-23(30-21)19(25)15-29-32/h5-6,9,12-13,15-16,18,22,28H,3-4,7-8,10-11,14,26H2,1-2H3/t18-,22+/m0/s1. The number of carbonyl (C=O) groups is 1. The lowest BCUT2D eigenvalue weighted by molar-refractivity contribution is -0.146. The number of carbonyl (C=O) groups excluding carboxylic acids is 1. The van der Waals surface area contributed by atoms with Gasteiger partial charge in [-0.25, -0.2) is 4.98 Å². The van der Waals surface area contributed by atoms with Crippen LogP contribution in [-0.4, -0.2) is 50.8 Å². The highest BCUT2D eigenvalue weighted by molar-refractivity contribution is 9.10. The van der Waals surface area contributed by atoms with Crippen molar-refractivity contribution in [3.8, 4) is 0 Å². The molecule has 0 amide bonds. The fraction of sp³-hybridized carbons (Fsp3) is 0.500. The van der Waals surface area contributed by atoms with E-state index < -0.39 is 6.04 Å². The van der Waals surface area contributed by atoms with E-state index in [1.54, 1.807) is 16.9 Å². The molecule has 1 aliphatic rings. The van der Waals surface area contributed by atoms with E-state index in [0.717, 1.165) is 59.5 Å². The number of rotatable bonds is 9. The highest BCUT2D eigenvalue weighted by Crippen LogP contribution is 2.30. The van der Waals surface area contributed by atoms with Crippen LogP contribution < -0.4 is 16.0 Å². The molecule has 10 heteroatoms. The van der Waals surface area contributed by atoms with Crippen molar-refractivity contribution in [3.05, 3.63) is 46.8 Å². The van der Waals surface area contributed by atoms with Crippen molar-refractivity contribution in [2.75, 3.05) is 23.4 Å². The van der Waals surface area contributed by atoms with Gasteiger partial charge in [-0.15, -0.1) is 0 Å². The number of nitrogens with zero attached hydrogens (tertiary/aromatic N) is 5. The molecule has 182 valence electrons. The smallest absolute Gasteiger partial charge is 0.323 e. The summed E-state index contributed by atoms with van der Waals surface area (Å²) in [4.78, 5) is 23.6. The zero-order valence-corrected chi connectivity index (χ0v) is 21.2. The van der Waals surface area contributed by atoms with E-state index >= 15 is 0 Å². The molecule has 0 bridgehead atoms. The highest BCUT2D eigenvalue weighted by Gasteiger charge is 2.26. The van der Waals surface area contributed by atoms with Gasteiger partial charge in [-0.3, -0.25) is 9.78 Å². The van der Waals surface area contributed by atoms with Crippen LogP contribution in [0.4, 0.5) is 11.6 Å². The van der Waals surface area contributed by atoms with Gasteiger partial charge < -0.3 is 20.7 Å². The van der Waals surface area contributed by atoms with Gasteiger partial charge in [0.15, 0.2) is 5.65 Å². The van der Waals surface area contributed by atoms with Gasteiger partial charge in [0.1, 0.15) is 17.7 Å². The number of aromatic nitrogens is 4. The Morgan fingerprint density at radius 3 is 2.97 bits per heavy atom. The molecule has 4 heterocycles. The van der Waals surface area contributed by atoms with E-state index in [9.17, 15) is 4.79 Å². The minimum atomic E-state index is -0.584. The van der Waals surface area contributed by atoms with Crippen molar-refractivity contribution in [3.63, 3.8) is 0 Å². The van der Waals surface area contributed by atoms with Crippen LogP contribution in [0.3, 0.4) is 0 Å². The van der Waals surface area contributed by atoms with Gasteiger partial charge >= 0.3 is 5.97 Å². The third kappa shape index (κ3) is 5.67. The molecular formula is C24H32BrN7O2. The van der Waals surface area contributed by atoms with Crippen molar-refractivity contribution in [2.45, 2.75) is 58.2 Å². The third-order valence-corrected chi connectivity index (χ3v) is 6.78. The second kappa shape index (κ2) is 11.1. The van der Waals surface area contributed by atoms with Crippen LogP contribution in [-0.2, 0) is 16.1 Å². The first-order valence-corrected chi connectivity index (χ1v) is 12.6. The minimum absolute atomic E-state index is 0.0568. The first-order chi connectivity index (χ1) is 16.4. The van der Waals surface area contributed by atoms with Gasteiger partial charge in [0, 0.05) is 44.0 Å². The number of anilines is 2. The number of fused-ring (bicyclic) bond motifs is 1. The summed E-state index contributed by atoms with van der Waals surface area (Å²) in [6.07, 6.45) is 9.37. The predicted octanol–water partition coefficient (Wildman–Crippen LogP) is 3.77. The number of pyridine rings is 1. The van der Waals surface area contributed by atoms with Crippen LogP contribution in [0, 0.1) is 5.92 Å². The minimum Gasteiger partial charge on any atom is -0.464 e. The van der Waals surface area contributed by atoms with Gasteiger partial charge in [0.2, 0.25) is 0 Å². The molecule has 1 aliphatic heterocycles. The van der Waals surface area contributed by atoms with E-state index in [0.29, 0.717) is 13.2 Å². The number of piperidine rings is 1. The van der Waals surface area contributed by atoms with Gasteiger partial charge in [-0.2, -0.15) is 9.61 Å². The molecule has 1 fully saturated rings. The third-order valence-electron chi connectivity index (χ3n) is 6.22. The lowest BCUT2D eigenvalue weighted by Gasteiger charge is -2.37. The summed E-state index contributed by atoms with van der Waals surface area (Å²) in [5.41, 5.74) is 7.76. The maximum absolute atomic E-state index is 12.2. The summed E-state index contributed by atoms with van der Waals surface area (Å²) in [6, 6.07) is 5.65. The van der Waals surface area contributed by atoms with Crippen LogP contribution in [0.1, 0.15) is 45.1 Å². The SMILES string of the molecule is CC(C)[C@@H](N)C(=O)OCC[C@@H]1CCCCN1c1cc(NCc2cccnc2)n2ncc(Br)c2n1. The molecule has 0 saturated carbocycles. The Morgan fingerprint density at radius 2 is 2.21 bits per heavy atom. The van der Waals surface area contributed by atoms with E-state index in [1.165, 1.54) is 0 Å². The summed E-state index contributed by atoms with van der Waals surface area (Å²) >= 11 is 3.58. The molecule has 9 nitrogen and oxygen atoms in total. The molecule has 0 unspecified atom stereocenters. The normalized spacial score (nSPS) is 17.2. The summed E-state index contributed by atoms with van der Waals surface area (Å²) < 4.78 is 8.13. The highest BCUT2D eigenvalue weighted by atomic mass is 79.9. The van der Waals surface area contributed by atoms with Gasteiger partial charge in [0.25, 0.3) is 0 Å². The number of halogens is 1. The summed E-state index contributed by atoms with van der Waals surface area (Å²) in [6.45, 7) is 5.72. The van der Waals surface area contributed by atoms with Crippen LogP contribution in [0.5, 0.6) is 0 Å². The first kappa shape index (κ1) is 24.4. The molecule has 34 heavy (non-hydrogen) atoms. The fourth-order valence-electron chi connectivity index (χ4n) is 4.16. The molecule has 3 aromatic rings. The van der Waals surface area contributed by atoms with E-state index in [2.05, 4.69) is 36.2 Å². The average Bonchev–Trinajstić information content (AvgIpc) is 3.23. The quantitative estimate of drug-likeness (QED) is 0.403. The number of hydrogen-bond donors (Lipinski definition) is 2. The first-order valence-electron chi connectivity index (χ1n) is 11.8. The largest absolute Gasteiger partial charge is 0.464 e. The summed E-state index contributed by atoms with van der Waals surface area (Å²) in [7, 11) is 0.